The third-order valence-electron chi connectivity index (χ3n) is 3.94. The molecule has 0 spiro atoms. The van der Waals surface area contributed by atoms with Gasteiger partial charge in [0.25, 0.3) is 0 Å². The average molecular weight is 271 g/mol. The van der Waals surface area contributed by atoms with Crippen LogP contribution in [-0.2, 0) is 4.79 Å². The largest absolute Gasteiger partial charge is 0.480 e. The number of urea groups is 1. The Bertz CT molecular complexity index is 322. The molecule has 1 unspecified atom stereocenters. The van der Waals surface area contributed by atoms with Gasteiger partial charge in [-0.25, -0.2) is 9.59 Å². The standard InChI is InChI=1S/C13H25N3O3/c1-4-9(2)11(12(17)18)15-13(19)14-8-10-6-5-7-16(10)3/h9-11H,4-8H2,1-3H3,(H,17,18)(H2,14,15,19)/t9-,10?,11-/m0/s1. The number of nitrogens with one attached hydrogen (secondary N) is 2. The summed E-state index contributed by atoms with van der Waals surface area (Å²) < 4.78 is 0. The summed E-state index contributed by atoms with van der Waals surface area (Å²) in [5.41, 5.74) is 0. The van der Waals surface area contributed by atoms with Crippen LogP contribution in [0, 0.1) is 5.92 Å². The summed E-state index contributed by atoms with van der Waals surface area (Å²) >= 11 is 0. The van der Waals surface area contributed by atoms with Crippen LogP contribution >= 0.6 is 0 Å². The number of hydrogen-bond donors (Lipinski definition) is 3. The molecule has 0 bridgehead atoms. The summed E-state index contributed by atoms with van der Waals surface area (Å²) in [6.45, 7) is 5.35. The van der Waals surface area contributed by atoms with E-state index in [-0.39, 0.29) is 5.92 Å². The summed E-state index contributed by atoms with van der Waals surface area (Å²) in [4.78, 5) is 25.0. The van der Waals surface area contributed by atoms with Crippen LogP contribution in [0.2, 0.25) is 0 Å². The van der Waals surface area contributed by atoms with Gasteiger partial charge in [-0.05, 0) is 32.4 Å². The number of carbonyl (C=O) groups is 2. The molecule has 0 aromatic carbocycles. The number of amides is 2. The van der Waals surface area contributed by atoms with Crippen LogP contribution in [0.3, 0.4) is 0 Å². The highest BCUT2D eigenvalue weighted by atomic mass is 16.4. The Labute approximate surface area is 114 Å². The van der Waals surface area contributed by atoms with Gasteiger partial charge in [-0.3, -0.25) is 0 Å². The molecule has 6 nitrogen and oxygen atoms in total. The molecule has 2 amide bonds. The van der Waals surface area contributed by atoms with E-state index in [1.807, 2.05) is 20.9 Å². The molecule has 0 radical (unpaired) electrons. The van der Waals surface area contributed by atoms with E-state index in [1.165, 1.54) is 0 Å². The first kappa shape index (κ1) is 15.8. The van der Waals surface area contributed by atoms with Gasteiger partial charge in [0.2, 0.25) is 0 Å². The predicted octanol–water partition coefficient (Wildman–Crippen LogP) is 0.879. The van der Waals surface area contributed by atoms with Gasteiger partial charge in [0, 0.05) is 12.6 Å². The number of aliphatic carboxylic acids is 1. The first-order valence-corrected chi connectivity index (χ1v) is 6.93. The third-order valence-corrected chi connectivity index (χ3v) is 3.94. The highest BCUT2D eigenvalue weighted by Crippen LogP contribution is 2.13. The Hall–Kier alpha value is -1.30. The van der Waals surface area contributed by atoms with Crippen LogP contribution in [0.15, 0.2) is 0 Å². The number of hydrogen-bond acceptors (Lipinski definition) is 3. The number of carbonyl (C=O) groups excluding carboxylic acids is 1. The minimum absolute atomic E-state index is 0.0857. The van der Waals surface area contributed by atoms with E-state index >= 15 is 0 Å². The van der Waals surface area contributed by atoms with Gasteiger partial charge < -0.3 is 20.6 Å². The Morgan fingerprint density at radius 3 is 2.63 bits per heavy atom. The van der Waals surface area contributed by atoms with Crippen molar-refractivity contribution in [3.8, 4) is 0 Å². The number of carboxylic acid groups (broad SMARTS) is 1. The normalized spacial score (nSPS) is 22.8. The SMILES string of the molecule is CC[C@H](C)[C@H](NC(=O)NCC1CCCN1C)C(=O)O. The molecular weight excluding hydrogens is 246 g/mol. The zero-order valence-electron chi connectivity index (χ0n) is 12.0. The smallest absolute Gasteiger partial charge is 0.326 e. The molecule has 1 aliphatic heterocycles. The Balaban J connectivity index is 2.38. The van der Waals surface area contributed by atoms with Crippen LogP contribution in [0.25, 0.3) is 0 Å². The highest BCUT2D eigenvalue weighted by molar-refractivity contribution is 5.82. The van der Waals surface area contributed by atoms with E-state index in [0.29, 0.717) is 19.0 Å². The van der Waals surface area contributed by atoms with Crippen molar-refractivity contribution in [3.05, 3.63) is 0 Å². The van der Waals surface area contributed by atoms with Crippen LogP contribution in [0.1, 0.15) is 33.1 Å². The maximum Gasteiger partial charge on any atom is 0.326 e. The molecular formula is C13H25N3O3. The van der Waals surface area contributed by atoms with Crippen LogP contribution in [-0.4, -0.2) is 54.2 Å². The molecule has 3 atom stereocenters. The molecule has 1 aliphatic rings. The Morgan fingerprint density at radius 2 is 2.16 bits per heavy atom. The number of likely N-dealkylation sites (N-methyl/N-ethyl adjacent to an activating group) is 1. The van der Waals surface area contributed by atoms with Crippen molar-refractivity contribution >= 4 is 12.0 Å². The number of likely N-dealkylation sites (tertiary alicyclic amines) is 1. The summed E-state index contributed by atoms with van der Waals surface area (Å²) in [5.74, 6) is -1.07. The van der Waals surface area contributed by atoms with Crippen molar-refractivity contribution in [2.75, 3.05) is 20.1 Å². The maximum atomic E-state index is 11.7. The van der Waals surface area contributed by atoms with E-state index in [2.05, 4.69) is 15.5 Å². The minimum atomic E-state index is -0.984. The average Bonchev–Trinajstić information content (AvgIpc) is 2.77. The lowest BCUT2D eigenvalue weighted by Crippen LogP contribution is -2.51. The topological polar surface area (TPSA) is 81.7 Å². The van der Waals surface area contributed by atoms with Crippen molar-refractivity contribution in [3.63, 3.8) is 0 Å². The van der Waals surface area contributed by atoms with Gasteiger partial charge in [-0.1, -0.05) is 20.3 Å². The molecule has 0 aromatic heterocycles. The fourth-order valence-electron chi connectivity index (χ4n) is 2.32. The van der Waals surface area contributed by atoms with E-state index < -0.39 is 18.0 Å². The maximum absolute atomic E-state index is 11.7. The summed E-state index contributed by atoms with van der Waals surface area (Å²) in [6.07, 6.45) is 2.93. The quantitative estimate of drug-likeness (QED) is 0.670. The monoisotopic (exact) mass is 271 g/mol. The summed E-state index contributed by atoms with van der Waals surface area (Å²) in [7, 11) is 2.04. The van der Waals surface area contributed by atoms with Crippen molar-refractivity contribution in [1.29, 1.82) is 0 Å². The molecule has 3 N–H and O–H groups in total. The lowest BCUT2D eigenvalue weighted by atomic mass is 9.99. The molecule has 19 heavy (non-hydrogen) atoms. The van der Waals surface area contributed by atoms with Crippen molar-refractivity contribution in [2.24, 2.45) is 5.92 Å². The molecule has 0 aromatic rings. The van der Waals surface area contributed by atoms with Crippen molar-refractivity contribution < 1.29 is 14.7 Å². The van der Waals surface area contributed by atoms with Crippen LogP contribution in [0.4, 0.5) is 4.79 Å². The zero-order chi connectivity index (χ0) is 14.4. The molecule has 1 rings (SSSR count). The lowest BCUT2D eigenvalue weighted by Gasteiger charge is -2.23. The fraction of sp³-hybridized carbons (Fsp3) is 0.846. The number of nitrogens with zero attached hydrogens (tertiary/aromatic N) is 1. The van der Waals surface area contributed by atoms with Crippen LogP contribution in [0.5, 0.6) is 0 Å². The predicted molar refractivity (Wildman–Crippen MR) is 73.1 cm³/mol. The first-order chi connectivity index (χ1) is 8.95. The van der Waals surface area contributed by atoms with Gasteiger partial charge in [-0.15, -0.1) is 0 Å². The molecule has 0 saturated carbocycles. The Morgan fingerprint density at radius 1 is 1.47 bits per heavy atom. The minimum Gasteiger partial charge on any atom is -0.480 e. The van der Waals surface area contributed by atoms with Gasteiger partial charge in [-0.2, -0.15) is 0 Å². The first-order valence-electron chi connectivity index (χ1n) is 6.93. The van der Waals surface area contributed by atoms with Gasteiger partial charge >= 0.3 is 12.0 Å². The highest BCUT2D eigenvalue weighted by Gasteiger charge is 2.26. The zero-order valence-corrected chi connectivity index (χ0v) is 12.0. The third kappa shape index (κ3) is 4.70. The lowest BCUT2D eigenvalue weighted by molar-refractivity contribution is -0.140. The summed E-state index contributed by atoms with van der Waals surface area (Å²) in [6, 6.07) is -0.864. The molecule has 6 heteroatoms. The van der Waals surface area contributed by atoms with E-state index in [4.69, 9.17) is 5.11 Å². The number of carboxylic acids is 1. The van der Waals surface area contributed by atoms with Gasteiger partial charge in [0.05, 0.1) is 0 Å². The fourth-order valence-corrected chi connectivity index (χ4v) is 2.32. The Kier molecular flexibility index (Phi) is 6.08. The van der Waals surface area contributed by atoms with Crippen LogP contribution < -0.4 is 10.6 Å². The van der Waals surface area contributed by atoms with E-state index in [9.17, 15) is 9.59 Å². The molecule has 1 saturated heterocycles. The molecule has 1 heterocycles. The van der Waals surface area contributed by atoms with E-state index in [0.717, 1.165) is 19.4 Å². The van der Waals surface area contributed by atoms with Gasteiger partial charge in [0.1, 0.15) is 6.04 Å². The number of rotatable bonds is 6. The van der Waals surface area contributed by atoms with Gasteiger partial charge in [0.15, 0.2) is 0 Å². The molecule has 110 valence electrons. The van der Waals surface area contributed by atoms with Crippen molar-refractivity contribution in [2.45, 2.75) is 45.2 Å². The summed E-state index contributed by atoms with van der Waals surface area (Å²) in [5, 5.41) is 14.4. The van der Waals surface area contributed by atoms with E-state index in [1.54, 1.807) is 0 Å². The second kappa shape index (κ2) is 7.33. The van der Waals surface area contributed by atoms with Crippen molar-refractivity contribution in [1.82, 2.24) is 15.5 Å². The second-order valence-corrected chi connectivity index (χ2v) is 5.33. The second-order valence-electron chi connectivity index (χ2n) is 5.33. The molecule has 1 fully saturated rings. The molecule has 0 aliphatic carbocycles.